The van der Waals surface area contributed by atoms with Crippen LogP contribution in [0.2, 0.25) is 10.0 Å². The standard InChI is InChI=1S/C10H11Cl2N3/c11-7-2-1-3-8(12)9(7)10(15-13)14-6-4-5-6/h1-3,6H,4-5,13H2,(H,14,15). The van der Waals surface area contributed by atoms with Crippen molar-refractivity contribution in [2.75, 3.05) is 0 Å². The van der Waals surface area contributed by atoms with Crippen LogP contribution in [0.1, 0.15) is 18.4 Å². The average molecular weight is 244 g/mol. The second-order valence-electron chi connectivity index (χ2n) is 3.45. The van der Waals surface area contributed by atoms with Gasteiger partial charge in [-0.2, -0.15) is 0 Å². The van der Waals surface area contributed by atoms with E-state index in [1.54, 1.807) is 18.2 Å². The topological polar surface area (TPSA) is 50.4 Å². The summed E-state index contributed by atoms with van der Waals surface area (Å²) in [6.45, 7) is 0. The number of hydrogen-bond acceptors (Lipinski definition) is 2. The normalized spacial score (nSPS) is 16.6. The third-order valence-electron chi connectivity index (χ3n) is 2.19. The molecule has 1 aliphatic rings. The molecule has 0 spiro atoms. The number of hydrogen-bond donors (Lipinski definition) is 2. The maximum Gasteiger partial charge on any atom is 0.145 e. The molecule has 0 saturated heterocycles. The average Bonchev–Trinajstić information content (AvgIpc) is 2.99. The van der Waals surface area contributed by atoms with Crippen LogP contribution in [0.4, 0.5) is 0 Å². The van der Waals surface area contributed by atoms with Crippen molar-refractivity contribution in [2.24, 2.45) is 10.8 Å². The first-order valence-corrected chi connectivity index (χ1v) is 5.46. The van der Waals surface area contributed by atoms with Crippen LogP contribution in [-0.2, 0) is 0 Å². The molecule has 15 heavy (non-hydrogen) atoms. The largest absolute Gasteiger partial charge is 0.308 e. The Balaban J connectivity index is 2.41. The smallest absolute Gasteiger partial charge is 0.145 e. The Morgan fingerprint density at radius 3 is 2.40 bits per heavy atom. The number of halogens is 2. The molecule has 80 valence electrons. The Hall–Kier alpha value is -0.770. The van der Waals surface area contributed by atoms with E-state index in [1.165, 1.54) is 0 Å². The van der Waals surface area contributed by atoms with Crippen molar-refractivity contribution in [3.63, 3.8) is 0 Å². The zero-order valence-corrected chi connectivity index (χ0v) is 9.52. The molecule has 1 aromatic rings. The maximum absolute atomic E-state index is 6.05. The highest BCUT2D eigenvalue weighted by Crippen LogP contribution is 2.28. The minimum absolute atomic E-state index is 0.364. The highest BCUT2D eigenvalue weighted by molar-refractivity contribution is 6.40. The van der Waals surface area contributed by atoms with Gasteiger partial charge in [-0.1, -0.05) is 29.3 Å². The van der Waals surface area contributed by atoms with Crippen LogP contribution in [-0.4, -0.2) is 11.9 Å². The highest BCUT2D eigenvalue weighted by Gasteiger charge is 2.22. The van der Waals surface area contributed by atoms with E-state index in [0.717, 1.165) is 12.8 Å². The molecule has 2 rings (SSSR count). The van der Waals surface area contributed by atoms with Gasteiger partial charge in [-0.25, -0.2) is 5.84 Å². The summed E-state index contributed by atoms with van der Waals surface area (Å²) in [4.78, 5) is 4.41. The first-order valence-electron chi connectivity index (χ1n) is 4.71. The molecule has 3 N–H and O–H groups in total. The fourth-order valence-corrected chi connectivity index (χ4v) is 1.86. The molecule has 0 amide bonds. The molecule has 1 fully saturated rings. The molecule has 0 aliphatic heterocycles. The molecular weight excluding hydrogens is 233 g/mol. The summed E-state index contributed by atoms with van der Waals surface area (Å²) in [5.41, 5.74) is 3.23. The number of nitrogens with one attached hydrogen (secondary N) is 1. The lowest BCUT2D eigenvalue weighted by Crippen LogP contribution is -2.32. The zero-order chi connectivity index (χ0) is 10.8. The molecule has 0 heterocycles. The summed E-state index contributed by atoms with van der Waals surface area (Å²) in [7, 11) is 0. The molecule has 0 radical (unpaired) electrons. The Bertz CT molecular complexity index is 379. The summed E-state index contributed by atoms with van der Waals surface area (Å²) < 4.78 is 0. The van der Waals surface area contributed by atoms with Gasteiger partial charge in [0.05, 0.1) is 21.7 Å². The highest BCUT2D eigenvalue weighted by atomic mass is 35.5. The van der Waals surface area contributed by atoms with E-state index in [9.17, 15) is 0 Å². The number of rotatable bonds is 2. The lowest BCUT2D eigenvalue weighted by atomic mass is 10.2. The Kier molecular flexibility index (Phi) is 3.14. The molecule has 1 aliphatic carbocycles. The minimum Gasteiger partial charge on any atom is -0.308 e. The quantitative estimate of drug-likeness (QED) is 0.363. The van der Waals surface area contributed by atoms with Crippen molar-refractivity contribution in [1.82, 2.24) is 5.43 Å². The summed E-state index contributed by atoms with van der Waals surface area (Å²) in [6, 6.07) is 5.69. The van der Waals surface area contributed by atoms with Crippen LogP contribution in [0, 0.1) is 0 Å². The van der Waals surface area contributed by atoms with Crippen LogP contribution >= 0.6 is 23.2 Å². The summed E-state index contributed by atoms with van der Waals surface area (Å²) in [6.07, 6.45) is 2.21. The molecule has 0 aromatic heterocycles. The van der Waals surface area contributed by atoms with Gasteiger partial charge in [-0.3, -0.25) is 4.99 Å². The van der Waals surface area contributed by atoms with E-state index in [0.29, 0.717) is 27.5 Å². The van der Waals surface area contributed by atoms with Gasteiger partial charge < -0.3 is 5.43 Å². The van der Waals surface area contributed by atoms with Crippen LogP contribution in [0.3, 0.4) is 0 Å². The molecular formula is C10H11Cl2N3. The van der Waals surface area contributed by atoms with Gasteiger partial charge >= 0.3 is 0 Å². The summed E-state index contributed by atoms with van der Waals surface area (Å²) in [5, 5.41) is 1.11. The fraction of sp³-hybridized carbons (Fsp3) is 0.300. The van der Waals surface area contributed by atoms with Crippen molar-refractivity contribution < 1.29 is 0 Å². The molecule has 3 nitrogen and oxygen atoms in total. The minimum atomic E-state index is 0.364. The van der Waals surface area contributed by atoms with Gasteiger partial charge in [0.25, 0.3) is 0 Å². The SMILES string of the molecule is NNC(=NC1CC1)c1c(Cl)cccc1Cl. The number of nitrogens with two attached hydrogens (primary N) is 1. The molecule has 1 saturated carbocycles. The predicted octanol–water partition coefficient (Wildman–Crippen LogP) is 2.37. The van der Waals surface area contributed by atoms with E-state index in [-0.39, 0.29) is 0 Å². The third kappa shape index (κ3) is 2.43. The third-order valence-corrected chi connectivity index (χ3v) is 2.82. The van der Waals surface area contributed by atoms with Crippen molar-refractivity contribution in [3.8, 4) is 0 Å². The number of nitrogens with zero attached hydrogens (tertiary/aromatic N) is 1. The molecule has 0 atom stereocenters. The number of hydrazine groups is 1. The van der Waals surface area contributed by atoms with Crippen molar-refractivity contribution in [2.45, 2.75) is 18.9 Å². The predicted molar refractivity (Wildman–Crippen MR) is 63.3 cm³/mol. The molecule has 0 unspecified atom stereocenters. The van der Waals surface area contributed by atoms with Crippen LogP contribution in [0.5, 0.6) is 0 Å². The second kappa shape index (κ2) is 4.39. The van der Waals surface area contributed by atoms with Crippen LogP contribution in [0.25, 0.3) is 0 Å². The summed E-state index contributed by atoms with van der Waals surface area (Å²) in [5.74, 6) is 5.98. The Labute approximate surface area is 98.2 Å². The fourth-order valence-electron chi connectivity index (χ4n) is 1.28. The zero-order valence-electron chi connectivity index (χ0n) is 8.00. The maximum atomic E-state index is 6.05. The second-order valence-corrected chi connectivity index (χ2v) is 4.26. The van der Waals surface area contributed by atoms with Gasteiger partial charge in [-0.05, 0) is 25.0 Å². The van der Waals surface area contributed by atoms with E-state index in [2.05, 4.69) is 10.4 Å². The number of aliphatic imine (C=N–C) groups is 1. The van der Waals surface area contributed by atoms with E-state index in [4.69, 9.17) is 29.0 Å². The monoisotopic (exact) mass is 243 g/mol. The lowest BCUT2D eigenvalue weighted by Gasteiger charge is -2.09. The summed E-state index contributed by atoms with van der Waals surface area (Å²) >= 11 is 12.1. The van der Waals surface area contributed by atoms with Crippen molar-refractivity contribution in [3.05, 3.63) is 33.8 Å². The Morgan fingerprint density at radius 2 is 1.93 bits per heavy atom. The van der Waals surface area contributed by atoms with Gasteiger partial charge in [0, 0.05) is 0 Å². The van der Waals surface area contributed by atoms with E-state index >= 15 is 0 Å². The number of benzene rings is 1. The first kappa shape index (κ1) is 10.7. The number of amidine groups is 1. The van der Waals surface area contributed by atoms with Crippen LogP contribution in [0.15, 0.2) is 23.2 Å². The van der Waals surface area contributed by atoms with Crippen molar-refractivity contribution in [1.29, 1.82) is 0 Å². The van der Waals surface area contributed by atoms with Gasteiger partial charge in [0.1, 0.15) is 5.84 Å². The van der Waals surface area contributed by atoms with Gasteiger partial charge in [-0.15, -0.1) is 0 Å². The molecule has 5 heteroatoms. The van der Waals surface area contributed by atoms with E-state index < -0.39 is 0 Å². The van der Waals surface area contributed by atoms with Crippen LogP contribution < -0.4 is 11.3 Å². The van der Waals surface area contributed by atoms with Crippen molar-refractivity contribution >= 4 is 29.0 Å². The van der Waals surface area contributed by atoms with E-state index in [1.807, 2.05) is 0 Å². The van der Waals surface area contributed by atoms with Gasteiger partial charge in [0.15, 0.2) is 0 Å². The molecule has 1 aromatic carbocycles. The first-order chi connectivity index (χ1) is 7.22. The Morgan fingerprint density at radius 1 is 1.33 bits per heavy atom. The lowest BCUT2D eigenvalue weighted by molar-refractivity contribution is 0.971. The molecule has 0 bridgehead atoms. The van der Waals surface area contributed by atoms with Gasteiger partial charge in [0.2, 0.25) is 0 Å².